The molecule has 0 radical (unpaired) electrons. The first-order valence-corrected chi connectivity index (χ1v) is 13.2. The fourth-order valence-corrected chi connectivity index (χ4v) is 6.90. The Balaban J connectivity index is 1.54. The molecule has 0 aromatic heterocycles. The maximum atomic E-state index is 14.5. The number of benzene rings is 4. The van der Waals surface area contributed by atoms with Gasteiger partial charge in [0.15, 0.2) is 17.3 Å². The average Bonchev–Trinajstić information content (AvgIpc) is 3.39. The van der Waals surface area contributed by atoms with Crippen molar-refractivity contribution in [3.8, 4) is 0 Å². The van der Waals surface area contributed by atoms with Gasteiger partial charge in [0, 0.05) is 38.9 Å². The van der Waals surface area contributed by atoms with Crippen LogP contribution in [0.2, 0.25) is 5.02 Å². The fourth-order valence-electron chi connectivity index (χ4n) is 6.78. The number of fused-ring (bicyclic) bond motifs is 5. The summed E-state index contributed by atoms with van der Waals surface area (Å²) in [4.78, 5) is 45.3. The van der Waals surface area contributed by atoms with Gasteiger partial charge in [-0.05, 0) is 60.2 Å². The van der Waals surface area contributed by atoms with Gasteiger partial charge in [-0.2, -0.15) is 0 Å². The standard InChI is InChI=1S/C33H20ClF2NO3/c34-21-10-5-19(6-11-21)30(38)29-28(18-7-12-22(35)13-8-18)33(31(39)24-3-1-2-4-25(24)32(33)40)27-16-9-20-17-23(36)14-15-26(20)37(27)29/h1-17,27-29H. The number of ketones is 3. The van der Waals surface area contributed by atoms with Crippen molar-refractivity contribution in [1.82, 2.24) is 0 Å². The SMILES string of the molecule is O=C(c1ccc(Cl)cc1)C1C(c2ccc(F)cc2)C2(C(=O)c3ccccc3C2=O)C2C=Cc3cc(F)ccc3N12. The predicted molar refractivity (Wildman–Crippen MR) is 148 cm³/mol. The quantitative estimate of drug-likeness (QED) is 0.204. The normalized spacial score (nSPS) is 21.9. The molecule has 0 bridgehead atoms. The first-order valence-electron chi connectivity index (χ1n) is 12.8. The van der Waals surface area contributed by atoms with E-state index in [2.05, 4.69) is 0 Å². The topological polar surface area (TPSA) is 54.5 Å². The largest absolute Gasteiger partial charge is 0.352 e. The summed E-state index contributed by atoms with van der Waals surface area (Å²) in [5.74, 6) is -3.03. The Bertz CT molecular complexity index is 1730. The molecule has 3 aliphatic rings. The molecular formula is C33H20ClF2NO3. The molecule has 1 aliphatic carbocycles. The molecule has 4 aromatic rings. The number of halogens is 3. The van der Waals surface area contributed by atoms with Crippen LogP contribution in [0.1, 0.15) is 48.1 Å². The number of hydrogen-bond donors (Lipinski definition) is 0. The van der Waals surface area contributed by atoms with Crippen molar-refractivity contribution >= 4 is 40.7 Å². The van der Waals surface area contributed by atoms with E-state index in [-0.39, 0.29) is 28.5 Å². The molecule has 40 heavy (non-hydrogen) atoms. The average molecular weight is 552 g/mol. The summed E-state index contributed by atoms with van der Waals surface area (Å²) in [6.07, 6.45) is 3.41. The van der Waals surface area contributed by atoms with Gasteiger partial charge in [-0.25, -0.2) is 8.78 Å². The number of carbonyl (C=O) groups excluding carboxylic acids is 3. The molecule has 7 rings (SSSR count). The number of anilines is 1. The van der Waals surface area contributed by atoms with Crippen LogP contribution >= 0.6 is 11.6 Å². The lowest BCUT2D eigenvalue weighted by atomic mass is 9.64. The number of carbonyl (C=O) groups is 3. The van der Waals surface area contributed by atoms with E-state index >= 15 is 0 Å². The molecule has 7 heteroatoms. The highest BCUT2D eigenvalue weighted by atomic mass is 35.5. The van der Waals surface area contributed by atoms with Crippen molar-refractivity contribution in [3.05, 3.63) is 142 Å². The van der Waals surface area contributed by atoms with Crippen molar-refractivity contribution in [2.45, 2.75) is 18.0 Å². The second kappa shape index (κ2) is 8.80. The molecule has 0 N–H and O–H groups in total. The summed E-state index contributed by atoms with van der Waals surface area (Å²) in [5, 5.41) is 0.450. The van der Waals surface area contributed by atoms with E-state index in [9.17, 15) is 23.2 Å². The van der Waals surface area contributed by atoms with E-state index < -0.39 is 35.1 Å². The Kier molecular flexibility index (Phi) is 5.41. The Morgan fingerprint density at radius 1 is 0.800 bits per heavy atom. The maximum absolute atomic E-state index is 14.5. The Morgan fingerprint density at radius 2 is 1.43 bits per heavy atom. The van der Waals surface area contributed by atoms with E-state index in [0.29, 0.717) is 27.4 Å². The second-order valence-corrected chi connectivity index (χ2v) is 10.8. The zero-order chi connectivity index (χ0) is 27.8. The summed E-state index contributed by atoms with van der Waals surface area (Å²) < 4.78 is 28.4. The summed E-state index contributed by atoms with van der Waals surface area (Å²) in [6, 6.07) is 21.0. The van der Waals surface area contributed by atoms with Crippen LogP contribution in [0.3, 0.4) is 0 Å². The van der Waals surface area contributed by atoms with Gasteiger partial charge in [-0.3, -0.25) is 14.4 Å². The van der Waals surface area contributed by atoms with Crippen molar-refractivity contribution in [2.24, 2.45) is 5.41 Å². The lowest BCUT2D eigenvalue weighted by molar-refractivity contribution is 0.0666. The highest BCUT2D eigenvalue weighted by Crippen LogP contribution is 2.61. The van der Waals surface area contributed by atoms with Crippen LogP contribution in [-0.2, 0) is 0 Å². The van der Waals surface area contributed by atoms with E-state index in [1.54, 1.807) is 71.6 Å². The van der Waals surface area contributed by atoms with Crippen LogP contribution in [0.15, 0.2) is 97.1 Å². The fraction of sp³-hybridized carbons (Fsp3) is 0.121. The molecule has 1 saturated heterocycles. The third kappa shape index (κ3) is 3.26. The van der Waals surface area contributed by atoms with Gasteiger partial charge in [-0.15, -0.1) is 0 Å². The minimum absolute atomic E-state index is 0.289. The van der Waals surface area contributed by atoms with Crippen molar-refractivity contribution < 1.29 is 23.2 Å². The number of rotatable bonds is 3. The third-order valence-electron chi connectivity index (χ3n) is 8.39. The summed E-state index contributed by atoms with van der Waals surface area (Å²) in [7, 11) is 0. The van der Waals surface area contributed by atoms with Crippen LogP contribution in [0.25, 0.3) is 6.08 Å². The van der Waals surface area contributed by atoms with E-state index in [1.165, 1.54) is 36.4 Å². The molecule has 4 aromatic carbocycles. The van der Waals surface area contributed by atoms with Gasteiger partial charge in [0.25, 0.3) is 0 Å². The van der Waals surface area contributed by atoms with Crippen molar-refractivity contribution in [3.63, 3.8) is 0 Å². The first kappa shape index (κ1) is 24.6. The van der Waals surface area contributed by atoms with Gasteiger partial charge in [0.2, 0.25) is 0 Å². The maximum Gasteiger partial charge on any atom is 0.185 e. The predicted octanol–water partition coefficient (Wildman–Crippen LogP) is 6.93. The molecule has 0 amide bonds. The van der Waals surface area contributed by atoms with E-state index in [1.807, 2.05) is 0 Å². The van der Waals surface area contributed by atoms with Gasteiger partial charge < -0.3 is 4.90 Å². The first-order chi connectivity index (χ1) is 19.3. The zero-order valence-electron chi connectivity index (χ0n) is 20.9. The summed E-state index contributed by atoms with van der Waals surface area (Å²) in [6.45, 7) is 0. The van der Waals surface area contributed by atoms with Crippen LogP contribution in [0, 0.1) is 17.0 Å². The van der Waals surface area contributed by atoms with Gasteiger partial charge in [0.1, 0.15) is 23.1 Å². The zero-order valence-corrected chi connectivity index (χ0v) is 21.6. The van der Waals surface area contributed by atoms with Gasteiger partial charge in [0.05, 0.1) is 6.04 Å². The van der Waals surface area contributed by atoms with Crippen molar-refractivity contribution in [1.29, 1.82) is 0 Å². The number of nitrogens with zero attached hydrogens (tertiary/aromatic N) is 1. The lowest BCUT2D eigenvalue weighted by Crippen LogP contribution is -2.48. The van der Waals surface area contributed by atoms with Crippen LogP contribution in [-0.4, -0.2) is 29.4 Å². The Morgan fingerprint density at radius 3 is 2.08 bits per heavy atom. The molecule has 2 aliphatic heterocycles. The minimum atomic E-state index is -1.71. The minimum Gasteiger partial charge on any atom is -0.352 e. The molecule has 3 atom stereocenters. The van der Waals surface area contributed by atoms with E-state index in [4.69, 9.17) is 11.6 Å². The van der Waals surface area contributed by atoms with Gasteiger partial charge in [-0.1, -0.05) is 60.2 Å². The highest BCUT2D eigenvalue weighted by Gasteiger charge is 2.71. The number of hydrogen-bond acceptors (Lipinski definition) is 4. The van der Waals surface area contributed by atoms with Crippen LogP contribution in [0.4, 0.5) is 14.5 Å². The molecule has 4 nitrogen and oxygen atoms in total. The van der Waals surface area contributed by atoms with Gasteiger partial charge >= 0.3 is 0 Å². The Hall–Kier alpha value is -4.42. The smallest absolute Gasteiger partial charge is 0.185 e. The third-order valence-corrected chi connectivity index (χ3v) is 8.64. The molecular weight excluding hydrogens is 532 g/mol. The summed E-state index contributed by atoms with van der Waals surface area (Å²) >= 11 is 6.10. The molecule has 196 valence electrons. The van der Waals surface area contributed by atoms with E-state index in [0.717, 1.165) is 0 Å². The summed E-state index contributed by atoms with van der Waals surface area (Å²) in [5.41, 5.74) is 0.740. The lowest BCUT2D eigenvalue weighted by Gasteiger charge is -2.37. The monoisotopic (exact) mass is 551 g/mol. The molecule has 3 unspecified atom stereocenters. The molecule has 0 saturated carbocycles. The second-order valence-electron chi connectivity index (χ2n) is 10.3. The van der Waals surface area contributed by atoms with Crippen molar-refractivity contribution in [2.75, 3.05) is 4.90 Å². The van der Waals surface area contributed by atoms with Crippen LogP contribution in [0.5, 0.6) is 0 Å². The molecule has 1 spiro atoms. The van der Waals surface area contributed by atoms with Crippen LogP contribution < -0.4 is 4.90 Å². The number of Topliss-reactive ketones (excluding diaryl/α,β-unsaturated/α-hetero) is 3. The Labute approximate surface area is 233 Å². The highest BCUT2D eigenvalue weighted by molar-refractivity contribution is 6.32. The molecule has 2 heterocycles. The molecule has 1 fully saturated rings.